The van der Waals surface area contributed by atoms with Gasteiger partial charge in [-0.05, 0) is 24.3 Å². The van der Waals surface area contributed by atoms with E-state index in [2.05, 4.69) is 10.6 Å². The Bertz CT molecular complexity index is 1100. The second kappa shape index (κ2) is 7.54. The van der Waals surface area contributed by atoms with Gasteiger partial charge in [0.25, 0.3) is 5.91 Å². The number of carbonyl (C=O) groups excluding carboxylic acids is 1. The minimum Gasteiger partial charge on any atom is -0.507 e. The summed E-state index contributed by atoms with van der Waals surface area (Å²) in [5.41, 5.74) is -0.145. The Morgan fingerprint density at radius 1 is 1.04 bits per heavy atom. The lowest BCUT2D eigenvalue weighted by atomic mass is 10.1. The molecule has 5 nitrogen and oxygen atoms in total. The fraction of sp³-hybridized carbons (Fsp3) is 0. The molecule has 3 rings (SSSR count). The number of benzene rings is 3. The Hall–Kier alpha value is -3.92. The Labute approximate surface area is 153 Å². The molecule has 134 valence electrons. The van der Waals surface area contributed by atoms with Crippen molar-refractivity contribution >= 4 is 28.1 Å². The number of phenols is 1. The largest absolute Gasteiger partial charge is 0.507 e. The highest BCUT2D eigenvalue weighted by Gasteiger charge is 2.12. The van der Waals surface area contributed by atoms with E-state index in [-0.39, 0.29) is 17.0 Å². The summed E-state index contributed by atoms with van der Waals surface area (Å²) in [6.07, 6.45) is 0.996. The first-order chi connectivity index (χ1) is 13.0. The summed E-state index contributed by atoms with van der Waals surface area (Å²) < 4.78 is 26.8. The molecule has 27 heavy (non-hydrogen) atoms. The van der Waals surface area contributed by atoms with Gasteiger partial charge in [0, 0.05) is 28.7 Å². The minimum absolute atomic E-state index is 0.0582. The highest BCUT2D eigenvalue weighted by atomic mass is 19.1. The molecule has 7 heteroatoms. The van der Waals surface area contributed by atoms with Gasteiger partial charge in [-0.15, -0.1) is 0 Å². The average molecular weight is 365 g/mol. The van der Waals surface area contributed by atoms with Gasteiger partial charge in [0.15, 0.2) is 0 Å². The molecule has 0 saturated carbocycles. The number of carbonyl (C=O) groups is 1. The van der Waals surface area contributed by atoms with E-state index in [9.17, 15) is 23.9 Å². The zero-order chi connectivity index (χ0) is 19.4. The second-order valence-corrected chi connectivity index (χ2v) is 5.57. The molecule has 0 atom stereocenters. The van der Waals surface area contributed by atoms with Crippen LogP contribution in [0.15, 0.2) is 66.4 Å². The quantitative estimate of drug-likeness (QED) is 0.476. The van der Waals surface area contributed by atoms with Crippen LogP contribution in [-0.2, 0) is 4.79 Å². The fourth-order valence-corrected chi connectivity index (χ4v) is 2.50. The third kappa shape index (κ3) is 3.85. The molecule has 0 heterocycles. The molecule has 0 radical (unpaired) electrons. The van der Waals surface area contributed by atoms with E-state index in [1.165, 1.54) is 6.07 Å². The SMILES string of the molecule is N#C/C(=C/Nc1cc(F)ccc1F)C(=O)Nc1cccc2c(O)cccc12. The first kappa shape index (κ1) is 17.9. The van der Waals surface area contributed by atoms with Crippen LogP contribution >= 0.6 is 0 Å². The summed E-state index contributed by atoms with van der Waals surface area (Å²) >= 11 is 0. The summed E-state index contributed by atoms with van der Waals surface area (Å²) in [5.74, 6) is -2.07. The van der Waals surface area contributed by atoms with E-state index < -0.39 is 17.5 Å². The minimum atomic E-state index is -0.738. The van der Waals surface area contributed by atoms with Crippen LogP contribution in [0.1, 0.15) is 0 Å². The van der Waals surface area contributed by atoms with Gasteiger partial charge in [0.05, 0.1) is 5.69 Å². The van der Waals surface area contributed by atoms with E-state index in [0.29, 0.717) is 16.5 Å². The Morgan fingerprint density at radius 3 is 2.56 bits per heavy atom. The molecular weight excluding hydrogens is 352 g/mol. The van der Waals surface area contributed by atoms with Gasteiger partial charge in [-0.2, -0.15) is 5.26 Å². The van der Waals surface area contributed by atoms with Crippen molar-refractivity contribution in [3.8, 4) is 11.8 Å². The number of rotatable bonds is 4. The molecular formula is C20H13F2N3O2. The van der Waals surface area contributed by atoms with Crippen molar-refractivity contribution in [2.24, 2.45) is 0 Å². The van der Waals surface area contributed by atoms with Gasteiger partial charge in [-0.3, -0.25) is 4.79 Å². The number of aromatic hydroxyl groups is 1. The molecule has 0 fully saturated rings. The number of hydrogen-bond acceptors (Lipinski definition) is 4. The van der Waals surface area contributed by atoms with E-state index in [1.807, 2.05) is 0 Å². The number of phenolic OH excluding ortho intramolecular Hbond substituents is 1. The van der Waals surface area contributed by atoms with Crippen molar-refractivity contribution in [1.82, 2.24) is 0 Å². The van der Waals surface area contributed by atoms with Crippen LogP contribution in [0.2, 0.25) is 0 Å². The average Bonchev–Trinajstić information content (AvgIpc) is 2.66. The number of amides is 1. The lowest BCUT2D eigenvalue weighted by Crippen LogP contribution is -2.15. The zero-order valence-electron chi connectivity index (χ0n) is 13.8. The maximum absolute atomic E-state index is 13.6. The van der Waals surface area contributed by atoms with Crippen LogP contribution < -0.4 is 10.6 Å². The van der Waals surface area contributed by atoms with Gasteiger partial charge < -0.3 is 15.7 Å². The first-order valence-corrected chi connectivity index (χ1v) is 7.83. The van der Waals surface area contributed by atoms with Gasteiger partial charge >= 0.3 is 0 Å². The number of hydrogen-bond donors (Lipinski definition) is 3. The molecule has 1 amide bonds. The predicted octanol–water partition coefficient (Wildman–Crippen LogP) is 4.28. The van der Waals surface area contributed by atoms with Crippen LogP contribution in [0.25, 0.3) is 10.8 Å². The molecule has 0 spiro atoms. The van der Waals surface area contributed by atoms with Crippen molar-refractivity contribution < 1.29 is 18.7 Å². The highest BCUT2D eigenvalue weighted by molar-refractivity contribution is 6.11. The van der Waals surface area contributed by atoms with Gasteiger partial charge in [0.2, 0.25) is 0 Å². The second-order valence-electron chi connectivity index (χ2n) is 5.57. The topological polar surface area (TPSA) is 85.2 Å². The maximum atomic E-state index is 13.6. The molecule has 0 aromatic heterocycles. The highest BCUT2D eigenvalue weighted by Crippen LogP contribution is 2.30. The van der Waals surface area contributed by atoms with Crippen LogP contribution in [0.4, 0.5) is 20.2 Å². The van der Waals surface area contributed by atoms with Gasteiger partial charge in [0.1, 0.15) is 29.0 Å². The van der Waals surface area contributed by atoms with Gasteiger partial charge in [-0.1, -0.05) is 24.3 Å². The fourth-order valence-electron chi connectivity index (χ4n) is 2.50. The lowest BCUT2D eigenvalue weighted by molar-refractivity contribution is -0.112. The van der Waals surface area contributed by atoms with E-state index in [4.69, 9.17) is 0 Å². The van der Waals surface area contributed by atoms with Crippen LogP contribution in [0.3, 0.4) is 0 Å². The van der Waals surface area contributed by atoms with E-state index in [1.54, 1.807) is 36.4 Å². The molecule has 3 N–H and O–H groups in total. The van der Waals surface area contributed by atoms with Crippen molar-refractivity contribution in [1.29, 1.82) is 5.26 Å². The predicted molar refractivity (Wildman–Crippen MR) is 97.9 cm³/mol. The maximum Gasteiger partial charge on any atom is 0.267 e. The molecule has 3 aromatic carbocycles. The zero-order valence-corrected chi connectivity index (χ0v) is 13.8. The third-order valence-electron chi connectivity index (χ3n) is 3.81. The van der Waals surface area contributed by atoms with Crippen molar-refractivity contribution in [3.63, 3.8) is 0 Å². The number of nitrogens with zero attached hydrogens (tertiary/aromatic N) is 1. The Kier molecular flexibility index (Phi) is 4.99. The number of fused-ring (bicyclic) bond motifs is 1. The first-order valence-electron chi connectivity index (χ1n) is 7.83. The summed E-state index contributed by atoms with van der Waals surface area (Å²) in [5, 5.41) is 25.2. The molecule has 0 aliphatic heterocycles. The summed E-state index contributed by atoms with van der Waals surface area (Å²) in [6.45, 7) is 0. The number of nitriles is 1. The molecule has 0 bridgehead atoms. The molecule has 0 unspecified atom stereocenters. The molecule has 3 aromatic rings. The number of anilines is 2. The monoisotopic (exact) mass is 365 g/mol. The Morgan fingerprint density at radius 2 is 1.78 bits per heavy atom. The number of halogens is 2. The normalized spacial score (nSPS) is 11.1. The smallest absolute Gasteiger partial charge is 0.267 e. The van der Waals surface area contributed by atoms with Crippen LogP contribution in [-0.4, -0.2) is 11.0 Å². The van der Waals surface area contributed by atoms with E-state index >= 15 is 0 Å². The molecule has 0 saturated heterocycles. The third-order valence-corrected chi connectivity index (χ3v) is 3.81. The summed E-state index contributed by atoms with van der Waals surface area (Å²) in [6, 6.07) is 14.3. The standard InChI is InChI=1S/C20H13F2N3O2/c21-13-7-8-16(22)18(9-13)24-11-12(10-23)20(27)25-17-5-1-4-15-14(17)3-2-6-19(15)26/h1-9,11,24,26H,(H,25,27)/b12-11-. The van der Waals surface area contributed by atoms with Crippen molar-refractivity contribution in [2.75, 3.05) is 10.6 Å². The summed E-state index contributed by atoms with van der Waals surface area (Å²) in [4.78, 5) is 12.4. The summed E-state index contributed by atoms with van der Waals surface area (Å²) in [7, 11) is 0. The molecule has 0 aliphatic rings. The van der Waals surface area contributed by atoms with Crippen molar-refractivity contribution in [3.05, 3.63) is 78.0 Å². The lowest BCUT2D eigenvalue weighted by Gasteiger charge is -2.09. The van der Waals surface area contributed by atoms with Crippen LogP contribution in [0, 0.1) is 23.0 Å². The molecule has 0 aliphatic carbocycles. The van der Waals surface area contributed by atoms with Crippen LogP contribution in [0.5, 0.6) is 5.75 Å². The van der Waals surface area contributed by atoms with Gasteiger partial charge in [-0.25, -0.2) is 8.78 Å². The van der Waals surface area contributed by atoms with Crippen molar-refractivity contribution in [2.45, 2.75) is 0 Å². The van der Waals surface area contributed by atoms with E-state index in [0.717, 1.165) is 24.4 Å². The Balaban J connectivity index is 1.85. The number of nitrogens with one attached hydrogen (secondary N) is 2.